The lowest BCUT2D eigenvalue weighted by Crippen LogP contribution is -2.47. The van der Waals surface area contributed by atoms with Crippen molar-refractivity contribution in [2.75, 3.05) is 20.1 Å². The van der Waals surface area contributed by atoms with Gasteiger partial charge in [0.25, 0.3) is 0 Å². The normalized spacial score (nSPS) is 23.0. The van der Waals surface area contributed by atoms with Crippen LogP contribution in [0.25, 0.3) is 11.0 Å². The van der Waals surface area contributed by atoms with Gasteiger partial charge in [0.1, 0.15) is 5.58 Å². The maximum atomic E-state index is 12.9. The monoisotopic (exact) mass is 374 g/mol. The summed E-state index contributed by atoms with van der Waals surface area (Å²) in [5.41, 5.74) is 3.58. The third-order valence-electron chi connectivity index (χ3n) is 6.01. The van der Waals surface area contributed by atoms with Crippen molar-refractivity contribution in [3.05, 3.63) is 34.0 Å². The Morgan fingerprint density at radius 1 is 1.38 bits per heavy atom. The Kier molecular flexibility index (Phi) is 4.22. The number of fused-ring (bicyclic) bond motifs is 2. The summed E-state index contributed by atoms with van der Waals surface area (Å²) in [6.07, 6.45) is 3.38. The number of hydrogen-bond donors (Lipinski definition) is 0. The number of rotatable bonds is 2. The summed E-state index contributed by atoms with van der Waals surface area (Å²) in [6.45, 7) is 5.28. The van der Waals surface area contributed by atoms with Crippen LogP contribution in [-0.2, 0) is 16.0 Å². The van der Waals surface area contributed by atoms with Crippen molar-refractivity contribution in [3.63, 3.8) is 0 Å². The summed E-state index contributed by atoms with van der Waals surface area (Å²) in [6, 6.07) is 2.20. The molecule has 2 atom stereocenters. The lowest BCUT2D eigenvalue weighted by atomic mass is 9.92. The van der Waals surface area contributed by atoms with Crippen LogP contribution < -0.4 is 0 Å². The molecule has 2 aliphatic rings. The molecule has 2 aromatic rings. The summed E-state index contributed by atoms with van der Waals surface area (Å²) >= 11 is 6.39. The van der Waals surface area contributed by atoms with Crippen LogP contribution in [0.2, 0.25) is 5.02 Å². The maximum absolute atomic E-state index is 12.9. The van der Waals surface area contributed by atoms with E-state index in [-0.39, 0.29) is 23.8 Å². The number of amides is 2. The Balaban J connectivity index is 1.53. The molecule has 2 fully saturated rings. The molecule has 0 unspecified atom stereocenters. The van der Waals surface area contributed by atoms with Gasteiger partial charge in [-0.15, -0.1) is 0 Å². The van der Waals surface area contributed by atoms with E-state index < -0.39 is 0 Å². The number of benzene rings is 1. The van der Waals surface area contributed by atoms with Gasteiger partial charge >= 0.3 is 0 Å². The van der Waals surface area contributed by atoms with E-state index in [2.05, 4.69) is 0 Å². The molecule has 1 aromatic carbocycles. The van der Waals surface area contributed by atoms with Crippen LogP contribution in [0.15, 0.2) is 16.7 Å². The van der Waals surface area contributed by atoms with Crippen molar-refractivity contribution in [1.29, 1.82) is 0 Å². The van der Waals surface area contributed by atoms with Gasteiger partial charge in [-0.1, -0.05) is 11.6 Å². The van der Waals surface area contributed by atoms with Crippen molar-refractivity contribution in [3.8, 4) is 0 Å². The highest BCUT2D eigenvalue weighted by Gasteiger charge is 2.41. The Hall–Kier alpha value is -2.01. The van der Waals surface area contributed by atoms with Crippen molar-refractivity contribution in [2.45, 2.75) is 39.2 Å². The fraction of sp³-hybridized carbons (Fsp3) is 0.500. The van der Waals surface area contributed by atoms with Crippen LogP contribution in [0.4, 0.5) is 0 Å². The molecule has 2 amide bonds. The molecule has 5 nitrogen and oxygen atoms in total. The predicted molar refractivity (Wildman–Crippen MR) is 100 cm³/mol. The van der Waals surface area contributed by atoms with Gasteiger partial charge in [0.2, 0.25) is 11.8 Å². The van der Waals surface area contributed by atoms with Gasteiger partial charge in [0.05, 0.1) is 12.7 Å². The van der Waals surface area contributed by atoms with Crippen molar-refractivity contribution in [2.24, 2.45) is 5.92 Å². The third kappa shape index (κ3) is 2.69. The molecule has 0 bridgehead atoms. The first-order chi connectivity index (χ1) is 12.4. The van der Waals surface area contributed by atoms with Crippen LogP contribution in [0.3, 0.4) is 0 Å². The Bertz CT molecular complexity index is 904. The maximum Gasteiger partial charge on any atom is 0.227 e. The molecular weight excluding hydrogens is 352 g/mol. The second-order valence-corrected chi connectivity index (χ2v) is 7.99. The summed E-state index contributed by atoms with van der Waals surface area (Å²) in [5.74, 6) is 0.533. The van der Waals surface area contributed by atoms with Gasteiger partial charge in [-0.25, -0.2) is 0 Å². The van der Waals surface area contributed by atoms with Crippen LogP contribution in [0.5, 0.6) is 0 Å². The van der Waals surface area contributed by atoms with Gasteiger partial charge in [0, 0.05) is 54.5 Å². The number of piperidine rings is 1. The van der Waals surface area contributed by atoms with Crippen molar-refractivity contribution >= 4 is 34.4 Å². The first-order valence-corrected chi connectivity index (χ1v) is 9.43. The van der Waals surface area contributed by atoms with E-state index in [1.165, 1.54) is 0 Å². The van der Waals surface area contributed by atoms with Crippen molar-refractivity contribution in [1.82, 2.24) is 9.80 Å². The Labute approximate surface area is 157 Å². The number of carbonyl (C=O) groups excluding carboxylic acids is 2. The Morgan fingerprint density at radius 2 is 2.15 bits per heavy atom. The summed E-state index contributed by atoms with van der Waals surface area (Å²) < 4.78 is 5.67. The van der Waals surface area contributed by atoms with Crippen LogP contribution in [-0.4, -0.2) is 47.8 Å². The lowest BCUT2D eigenvalue weighted by Gasteiger charge is -2.36. The molecule has 1 aromatic heterocycles. The van der Waals surface area contributed by atoms with Crippen LogP contribution in [0, 0.1) is 19.8 Å². The highest BCUT2D eigenvalue weighted by molar-refractivity contribution is 6.33. The minimum Gasteiger partial charge on any atom is -0.464 e. The van der Waals surface area contributed by atoms with E-state index in [0.717, 1.165) is 39.1 Å². The first-order valence-electron chi connectivity index (χ1n) is 9.06. The molecule has 0 N–H and O–H groups in total. The smallest absolute Gasteiger partial charge is 0.227 e. The third-order valence-corrected chi connectivity index (χ3v) is 6.59. The number of nitrogens with zero attached hydrogens (tertiary/aromatic N) is 2. The van der Waals surface area contributed by atoms with Gasteiger partial charge in [-0.2, -0.15) is 0 Å². The number of likely N-dealkylation sites (tertiary alicyclic amines) is 2. The standard InChI is InChI=1S/C20H23ClN2O3/c1-11-6-16-19(12(2)20(11)21)14(10-26-16)8-18(25)23-5-4-15-13(9-23)7-17(24)22(15)3/h6,10,13,15H,4-5,7-9H2,1-3H3/t13-,15+/m1/s1. The highest BCUT2D eigenvalue weighted by atomic mass is 35.5. The molecule has 2 aliphatic heterocycles. The fourth-order valence-corrected chi connectivity index (χ4v) is 4.67. The number of halogens is 1. The van der Waals surface area contributed by atoms with Gasteiger partial charge in [-0.05, 0) is 37.5 Å². The summed E-state index contributed by atoms with van der Waals surface area (Å²) in [4.78, 5) is 28.5. The molecule has 2 saturated heterocycles. The van der Waals surface area contributed by atoms with Crippen LogP contribution >= 0.6 is 11.6 Å². The fourth-order valence-electron chi connectivity index (χ4n) is 4.52. The highest BCUT2D eigenvalue weighted by Crippen LogP contribution is 2.34. The second-order valence-electron chi connectivity index (χ2n) is 7.61. The largest absolute Gasteiger partial charge is 0.464 e. The van der Waals surface area contributed by atoms with E-state index in [1.807, 2.05) is 36.8 Å². The minimum atomic E-state index is 0.0873. The molecule has 26 heavy (non-hydrogen) atoms. The molecule has 6 heteroatoms. The van der Waals surface area contributed by atoms with E-state index in [4.69, 9.17) is 16.0 Å². The predicted octanol–water partition coefficient (Wildman–Crippen LogP) is 3.32. The summed E-state index contributed by atoms with van der Waals surface area (Å²) in [7, 11) is 1.87. The van der Waals surface area contributed by atoms with Crippen LogP contribution in [0.1, 0.15) is 29.5 Å². The number of hydrogen-bond acceptors (Lipinski definition) is 3. The Morgan fingerprint density at radius 3 is 2.92 bits per heavy atom. The molecule has 3 heterocycles. The zero-order chi connectivity index (χ0) is 18.6. The van der Waals surface area contributed by atoms with E-state index in [9.17, 15) is 9.59 Å². The molecule has 0 radical (unpaired) electrons. The van der Waals surface area contributed by atoms with E-state index in [1.54, 1.807) is 6.26 Å². The van der Waals surface area contributed by atoms with Gasteiger partial charge < -0.3 is 14.2 Å². The number of carbonyl (C=O) groups is 2. The first kappa shape index (κ1) is 17.4. The van der Waals surface area contributed by atoms with E-state index in [0.29, 0.717) is 25.9 Å². The van der Waals surface area contributed by atoms with E-state index >= 15 is 0 Å². The molecule has 0 spiro atoms. The molecule has 4 rings (SSSR count). The molecule has 138 valence electrons. The summed E-state index contributed by atoms with van der Waals surface area (Å²) in [5, 5.41) is 1.67. The zero-order valence-corrected chi connectivity index (χ0v) is 16.1. The second kappa shape index (κ2) is 6.31. The number of furan rings is 1. The average molecular weight is 375 g/mol. The quantitative estimate of drug-likeness (QED) is 0.810. The van der Waals surface area contributed by atoms with Gasteiger partial charge in [-0.3, -0.25) is 9.59 Å². The van der Waals surface area contributed by atoms with Gasteiger partial charge in [0.15, 0.2) is 0 Å². The molecular formula is C20H23ClN2O3. The molecule has 0 saturated carbocycles. The average Bonchev–Trinajstić information content (AvgIpc) is 3.13. The zero-order valence-electron chi connectivity index (χ0n) is 15.3. The topological polar surface area (TPSA) is 53.8 Å². The number of aryl methyl sites for hydroxylation is 2. The van der Waals surface area contributed by atoms with Crippen molar-refractivity contribution < 1.29 is 14.0 Å². The molecule has 0 aliphatic carbocycles. The minimum absolute atomic E-state index is 0.0873. The SMILES string of the molecule is Cc1cc2occ(CC(=O)N3CC[C@H]4[C@H](CC(=O)N4C)C3)c2c(C)c1Cl. The lowest BCUT2D eigenvalue weighted by molar-refractivity contribution is -0.132.